The topological polar surface area (TPSA) is 89.9 Å². The van der Waals surface area contributed by atoms with Crippen LogP contribution in [0, 0.1) is 0 Å². The second kappa shape index (κ2) is 10.3. The molecule has 0 aliphatic rings. The summed E-state index contributed by atoms with van der Waals surface area (Å²) >= 11 is 0. The number of aliphatic carboxylic acids is 1. The third-order valence-electron chi connectivity index (χ3n) is 4.55. The Balaban J connectivity index is 2.39. The van der Waals surface area contributed by atoms with Gasteiger partial charge in [0.25, 0.3) is 5.91 Å². The summed E-state index contributed by atoms with van der Waals surface area (Å²) in [4.78, 5) is 26.4. The van der Waals surface area contributed by atoms with Crippen LogP contribution in [0.5, 0.6) is 0 Å². The average Bonchev–Trinajstić information content (AvgIpc) is 2.72. The number of carboxylic acids is 1. The highest BCUT2D eigenvalue weighted by atomic mass is 16.4. The van der Waals surface area contributed by atoms with E-state index in [-0.39, 0.29) is 11.5 Å². The van der Waals surface area contributed by atoms with Gasteiger partial charge >= 0.3 is 5.97 Å². The van der Waals surface area contributed by atoms with Crippen LogP contribution in [0.1, 0.15) is 35.3 Å². The maximum absolute atomic E-state index is 12.8. The van der Waals surface area contributed by atoms with Crippen LogP contribution in [-0.4, -0.2) is 53.2 Å². The molecule has 0 radical (unpaired) electrons. The number of carbonyl (C=O) groups is 2. The molecular weight excluding hydrogens is 356 g/mol. The number of benzene rings is 2. The van der Waals surface area contributed by atoms with Crippen molar-refractivity contribution in [1.29, 1.82) is 0 Å². The smallest absolute Gasteiger partial charge is 0.371 e. The SMILES string of the molecule is CCN(CC)CCNC(=O)c1ccccc1/C(=C(/O)C(=O)O)c1ccccc1. The highest BCUT2D eigenvalue weighted by Gasteiger charge is 2.21. The zero-order valence-electron chi connectivity index (χ0n) is 16.2. The Hall–Kier alpha value is -3.12. The number of nitrogens with zero attached hydrogens (tertiary/aromatic N) is 1. The molecule has 6 nitrogen and oxygen atoms in total. The Morgan fingerprint density at radius 3 is 2.04 bits per heavy atom. The first-order valence-electron chi connectivity index (χ1n) is 9.31. The summed E-state index contributed by atoms with van der Waals surface area (Å²) < 4.78 is 0. The van der Waals surface area contributed by atoms with Crippen molar-refractivity contribution < 1.29 is 19.8 Å². The number of aliphatic hydroxyl groups excluding tert-OH is 1. The van der Waals surface area contributed by atoms with Crippen molar-refractivity contribution in [2.75, 3.05) is 26.2 Å². The van der Waals surface area contributed by atoms with Gasteiger partial charge < -0.3 is 20.4 Å². The molecule has 0 fully saturated rings. The molecule has 28 heavy (non-hydrogen) atoms. The van der Waals surface area contributed by atoms with Gasteiger partial charge in [0.1, 0.15) is 0 Å². The van der Waals surface area contributed by atoms with Crippen LogP contribution in [0.15, 0.2) is 60.4 Å². The number of nitrogens with one attached hydrogen (secondary N) is 1. The van der Waals surface area contributed by atoms with Crippen molar-refractivity contribution in [1.82, 2.24) is 10.2 Å². The lowest BCUT2D eigenvalue weighted by Gasteiger charge is -2.19. The standard InChI is InChI=1S/C22H26N2O4/c1-3-24(4-2)15-14-23-21(26)18-13-9-8-12-17(18)19(20(25)22(27)28)16-10-6-5-7-11-16/h5-13,25H,3-4,14-15H2,1-2H3,(H,23,26)(H,27,28)/b20-19+. The summed E-state index contributed by atoms with van der Waals surface area (Å²) in [5.74, 6) is -2.56. The van der Waals surface area contributed by atoms with Crippen LogP contribution >= 0.6 is 0 Å². The third kappa shape index (κ3) is 5.20. The van der Waals surface area contributed by atoms with Crippen molar-refractivity contribution in [3.05, 3.63) is 77.0 Å². The van der Waals surface area contributed by atoms with Crippen molar-refractivity contribution in [3.8, 4) is 0 Å². The van der Waals surface area contributed by atoms with E-state index in [0.717, 1.165) is 19.6 Å². The molecule has 148 valence electrons. The van der Waals surface area contributed by atoms with Crippen molar-refractivity contribution in [2.24, 2.45) is 0 Å². The minimum Gasteiger partial charge on any atom is -0.501 e. The van der Waals surface area contributed by atoms with Crippen LogP contribution < -0.4 is 5.32 Å². The van der Waals surface area contributed by atoms with Gasteiger partial charge in [-0.3, -0.25) is 4.79 Å². The minimum absolute atomic E-state index is 0.114. The van der Waals surface area contributed by atoms with Gasteiger partial charge in [0.05, 0.1) is 0 Å². The van der Waals surface area contributed by atoms with Crippen LogP contribution in [0.2, 0.25) is 0 Å². The first kappa shape index (κ1) is 21.2. The van der Waals surface area contributed by atoms with Gasteiger partial charge in [-0.25, -0.2) is 4.79 Å². The van der Waals surface area contributed by atoms with Gasteiger partial charge in [-0.2, -0.15) is 0 Å². The van der Waals surface area contributed by atoms with Gasteiger partial charge in [0.2, 0.25) is 5.76 Å². The van der Waals surface area contributed by atoms with Crippen LogP contribution in [0.4, 0.5) is 0 Å². The molecule has 0 aliphatic heterocycles. The number of rotatable bonds is 9. The molecule has 0 spiro atoms. The zero-order valence-corrected chi connectivity index (χ0v) is 16.2. The second-order valence-electron chi connectivity index (χ2n) is 6.22. The minimum atomic E-state index is -1.45. The zero-order chi connectivity index (χ0) is 20.5. The highest BCUT2D eigenvalue weighted by Crippen LogP contribution is 2.29. The molecule has 0 aliphatic carbocycles. The molecule has 0 aromatic heterocycles. The normalized spacial score (nSPS) is 11.8. The quantitative estimate of drug-likeness (QED) is 0.458. The predicted molar refractivity (Wildman–Crippen MR) is 109 cm³/mol. The molecule has 1 amide bonds. The highest BCUT2D eigenvalue weighted by molar-refractivity contribution is 6.05. The fourth-order valence-electron chi connectivity index (χ4n) is 2.99. The number of carbonyl (C=O) groups excluding carboxylic acids is 1. The van der Waals surface area contributed by atoms with E-state index in [4.69, 9.17) is 0 Å². The lowest BCUT2D eigenvalue weighted by Crippen LogP contribution is -2.35. The largest absolute Gasteiger partial charge is 0.501 e. The first-order chi connectivity index (χ1) is 13.5. The van der Waals surface area contributed by atoms with E-state index in [1.165, 1.54) is 0 Å². The Bertz CT molecular complexity index is 843. The molecule has 3 N–H and O–H groups in total. The lowest BCUT2D eigenvalue weighted by molar-refractivity contribution is -0.135. The maximum Gasteiger partial charge on any atom is 0.371 e. The molecule has 6 heteroatoms. The fraction of sp³-hybridized carbons (Fsp3) is 0.273. The third-order valence-corrected chi connectivity index (χ3v) is 4.55. The van der Waals surface area contributed by atoms with E-state index in [0.29, 0.717) is 23.2 Å². The van der Waals surface area contributed by atoms with E-state index in [9.17, 15) is 19.8 Å². The van der Waals surface area contributed by atoms with E-state index in [1.807, 2.05) is 0 Å². The molecule has 0 atom stereocenters. The summed E-state index contributed by atoms with van der Waals surface area (Å²) in [7, 11) is 0. The Kier molecular flexibility index (Phi) is 7.77. The van der Waals surface area contributed by atoms with Crippen molar-refractivity contribution in [2.45, 2.75) is 13.8 Å². The summed E-state index contributed by atoms with van der Waals surface area (Å²) in [6, 6.07) is 15.4. The van der Waals surface area contributed by atoms with Crippen molar-refractivity contribution in [3.63, 3.8) is 0 Å². The van der Waals surface area contributed by atoms with Crippen LogP contribution in [0.3, 0.4) is 0 Å². The van der Waals surface area contributed by atoms with Crippen LogP contribution in [-0.2, 0) is 4.79 Å². The molecule has 0 saturated carbocycles. The molecule has 0 saturated heterocycles. The number of hydrogen-bond donors (Lipinski definition) is 3. The number of amides is 1. The molecular formula is C22H26N2O4. The van der Waals surface area contributed by atoms with Gasteiger partial charge in [-0.05, 0) is 30.3 Å². The lowest BCUT2D eigenvalue weighted by atomic mass is 9.92. The molecule has 0 bridgehead atoms. The monoisotopic (exact) mass is 382 g/mol. The maximum atomic E-state index is 12.8. The van der Waals surface area contributed by atoms with Crippen LogP contribution in [0.25, 0.3) is 5.57 Å². The number of likely N-dealkylation sites (N-methyl/N-ethyl adjacent to an activating group) is 1. The summed E-state index contributed by atoms with van der Waals surface area (Å²) in [5.41, 5.74) is 1.32. The molecule has 0 heterocycles. The second-order valence-corrected chi connectivity index (χ2v) is 6.22. The molecule has 2 aromatic carbocycles. The van der Waals surface area contributed by atoms with E-state index in [1.54, 1.807) is 54.6 Å². The Morgan fingerprint density at radius 1 is 0.893 bits per heavy atom. The average molecular weight is 382 g/mol. The number of hydrogen-bond acceptors (Lipinski definition) is 4. The van der Waals surface area contributed by atoms with Gasteiger partial charge in [0, 0.05) is 24.2 Å². The fourth-order valence-corrected chi connectivity index (χ4v) is 2.99. The van der Waals surface area contributed by atoms with Gasteiger partial charge in [0.15, 0.2) is 0 Å². The first-order valence-corrected chi connectivity index (χ1v) is 9.31. The summed E-state index contributed by atoms with van der Waals surface area (Å²) in [6.07, 6.45) is 0. The van der Waals surface area contributed by atoms with Crippen molar-refractivity contribution >= 4 is 17.4 Å². The van der Waals surface area contributed by atoms with E-state index < -0.39 is 11.7 Å². The Morgan fingerprint density at radius 2 is 1.46 bits per heavy atom. The number of carboxylic acid groups (broad SMARTS) is 1. The van der Waals surface area contributed by atoms with Gasteiger partial charge in [-0.15, -0.1) is 0 Å². The molecule has 2 aromatic rings. The Labute approximate surface area is 165 Å². The van der Waals surface area contributed by atoms with E-state index in [2.05, 4.69) is 24.1 Å². The summed E-state index contributed by atoms with van der Waals surface area (Å²) in [6.45, 7) is 7.12. The summed E-state index contributed by atoms with van der Waals surface area (Å²) in [5, 5.41) is 22.5. The number of aliphatic hydroxyl groups is 1. The molecule has 0 unspecified atom stereocenters. The predicted octanol–water partition coefficient (Wildman–Crippen LogP) is 3.16. The molecule has 2 rings (SSSR count). The van der Waals surface area contributed by atoms with Gasteiger partial charge in [-0.1, -0.05) is 62.4 Å². The van der Waals surface area contributed by atoms with E-state index >= 15 is 0 Å².